The van der Waals surface area contributed by atoms with Crippen LogP contribution in [0, 0.1) is 5.82 Å². The molecule has 1 aromatic heterocycles. The third-order valence-corrected chi connectivity index (χ3v) is 3.62. The molecule has 0 radical (unpaired) electrons. The van der Waals surface area contributed by atoms with Gasteiger partial charge in [0.05, 0.1) is 0 Å². The lowest BCUT2D eigenvalue weighted by atomic mass is 10.0. The molecule has 1 aromatic carbocycles. The van der Waals surface area contributed by atoms with E-state index in [-0.39, 0.29) is 11.7 Å². The van der Waals surface area contributed by atoms with Crippen LogP contribution in [0.2, 0.25) is 0 Å². The molecule has 0 aliphatic rings. The number of nitrogens with one attached hydrogen (secondary N) is 1. The lowest BCUT2D eigenvalue weighted by Crippen LogP contribution is -2.37. The summed E-state index contributed by atoms with van der Waals surface area (Å²) in [6.45, 7) is 0.584. The highest BCUT2D eigenvalue weighted by Crippen LogP contribution is 2.19. The Bertz CT molecular complexity index is 631. The van der Waals surface area contributed by atoms with Gasteiger partial charge in [-0.25, -0.2) is 4.39 Å². The first kappa shape index (κ1) is 17.1. The summed E-state index contributed by atoms with van der Waals surface area (Å²) in [7, 11) is 3.62. The van der Waals surface area contributed by atoms with Gasteiger partial charge in [-0.3, -0.25) is 14.7 Å². The molecule has 0 aliphatic carbocycles. The minimum atomic E-state index is -0.494. The van der Waals surface area contributed by atoms with Crippen LogP contribution in [-0.4, -0.2) is 36.4 Å². The first-order valence-corrected chi connectivity index (χ1v) is 7.66. The number of aromatic nitrogens is 1. The number of carbonyl (C=O) groups excluding carboxylic acids is 1. The number of halogens is 1. The number of likely N-dealkylation sites (N-methyl/N-ethyl adjacent to an activating group) is 1. The summed E-state index contributed by atoms with van der Waals surface area (Å²) in [6.07, 6.45) is 5.26. The average molecular weight is 315 g/mol. The number of rotatable bonds is 7. The third-order valence-electron chi connectivity index (χ3n) is 3.62. The Labute approximate surface area is 136 Å². The van der Waals surface area contributed by atoms with Crippen molar-refractivity contribution in [1.29, 1.82) is 0 Å². The first-order chi connectivity index (χ1) is 11.1. The molecule has 23 heavy (non-hydrogen) atoms. The summed E-state index contributed by atoms with van der Waals surface area (Å²) < 4.78 is 13.4. The maximum absolute atomic E-state index is 13.4. The van der Waals surface area contributed by atoms with Gasteiger partial charge in [-0.2, -0.15) is 0 Å². The Balaban J connectivity index is 1.89. The molecule has 4 nitrogen and oxygen atoms in total. The number of benzene rings is 1. The smallest absolute Gasteiger partial charge is 0.241 e. The van der Waals surface area contributed by atoms with Crippen molar-refractivity contribution in [3.05, 3.63) is 65.7 Å². The number of nitrogens with zero attached hydrogens (tertiary/aromatic N) is 2. The second kappa shape index (κ2) is 8.39. The molecule has 1 N–H and O–H groups in total. The second-order valence-corrected chi connectivity index (χ2v) is 5.67. The van der Waals surface area contributed by atoms with Gasteiger partial charge in [-0.1, -0.05) is 12.1 Å². The molecule has 2 rings (SSSR count). The Morgan fingerprint density at radius 2 is 2.00 bits per heavy atom. The molecule has 0 fully saturated rings. The van der Waals surface area contributed by atoms with Crippen LogP contribution < -0.4 is 5.32 Å². The van der Waals surface area contributed by atoms with E-state index in [1.807, 2.05) is 26.2 Å². The van der Waals surface area contributed by atoms with E-state index in [1.165, 1.54) is 17.7 Å². The van der Waals surface area contributed by atoms with E-state index in [2.05, 4.69) is 10.3 Å². The van der Waals surface area contributed by atoms with Crippen LogP contribution in [0.5, 0.6) is 0 Å². The average Bonchev–Trinajstić information content (AvgIpc) is 2.52. The van der Waals surface area contributed by atoms with Crippen molar-refractivity contribution in [3.8, 4) is 0 Å². The van der Waals surface area contributed by atoms with E-state index >= 15 is 0 Å². The van der Waals surface area contributed by atoms with Crippen LogP contribution in [0.4, 0.5) is 4.39 Å². The van der Waals surface area contributed by atoms with E-state index < -0.39 is 6.04 Å². The SMILES string of the molecule is CN(C)C(C(=O)NCCCc1ccncc1)c1cccc(F)c1. The van der Waals surface area contributed by atoms with Crippen molar-refractivity contribution in [1.82, 2.24) is 15.2 Å². The zero-order valence-corrected chi connectivity index (χ0v) is 13.5. The number of carbonyl (C=O) groups is 1. The topological polar surface area (TPSA) is 45.2 Å². The molecule has 0 spiro atoms. The van der Waals surface area contributed by atoms with E-state index in [1.54, 1.807) is 29.4 Å². The molecular weight excluding hydrogens is 293 g/mol. The van der Waals surface area contributed by atoms with Gasteiger partial charge in [0.1, 0.15) is 11.9 Å². The van der Waals surface area contributed by atoms with Crippen LogP contribution in [0.1, 0.15) is 23.6 Å². The first-order valence-electron chi connectivity index (χ1n) is 7.66. The predicted molar refractivity (Wildman–Crippen MR) is 88.4 cm³/mol. The Morgan fingerprint density at radius 3 is 2.65 bits per heavy atom. The predicted octanol–water partition coefficient (Wildman–Crippen LogP) is 2.57. The van der Waals surface area contributed by atoms with Gasteiger partial charge in [-0.15, -0.1) is 0 Å². The van der Waals surface area contributed by atoms with Crippen LogP contribution in [0.25, 0.3) is 0 Å². The lowest BCUT2D eigenvalue weighted by Gasteiger charge is -2.24. The fourth-order valence-electron chi connectivity index (χ4n) is 2.51. The Hall–Kier alpha value is -2.27. The zero-order valence-electron chi connectivity index (χ0n) is 13.5. The standard InChI is InChI=1S/C18H22FN3O/c1-22(2)17(15-6-3-7-16(19)13-15)18(23)21-10-4-5-14-8-11-20-12-9-14/h3,6-9,11-13,17H,4-5,10H2,1-2H3,(H,21,23). The Kier molecular flexibility index (Phi) is 6.23. The number of hydrogen-bond donors (Lipinski definition) is 1. The van der Waals surface area contributed by atoms with Gasteiger partial charge in [0.25, 0.3) is 0 Å². The van der Waals surface area contributed by atoms with Gasteiger partial charge >= 0.3 is 0 Å². The van der Waals surface area contributed by atoms with E-state index in [0.717, 1.165) is 12.8 Å². The maximum atomic E-state index is 13.4. The maximum Gasteiger partial charge on any atom is 0.241 e. The highest BCUT2D eigenvalue weighted by Gasteiger charge is 2.22. The Morgan fingerprint density at radius 1 is 1.26 bits per heavy atom. The number of hydrogen-bond acceptors (Lipinski definition) is 3. The molecule has 2 aromatic rings. The van der Waals surface area contributed by atoms with E-state index in [0.29, 0.717) is 12.1 Å². The highest BCUT2D eigenvalue weighted by atomic mass is 19.1. The molecular formula is C18H22FN3O. The number of pyridine rings is 1. The molecule has 5 heteroatoms. The normalized spacial score (nSPS) is 12.2. The van der Waals surface area contributed by atoms with Crippen molar-refractivity contribution in [3.63, 3.8) is 0 Å². The third kappa shape index (κ3) is 5.14. The minimum absolute atomic E-state index is 0.115. The number of amides is 1. The largest absolute Gasteiger partial charge is 0.354 e. The minimum Gasteiger partial charge on any atom is -0.354 e. The molecule has 1 amide bonds. The fraction of sp³-hybridized carbons (Fsp3) is 0.333. The van der Waals surface area contributed by atoms with Gasteiger partial charge in [0, 0.05) is 18.9 Å². The van der Waals surface area contributed by atoms with Crippen molar-refractivity contribution >= 4 is 5.91 Å². The molecule has 0 aliphatic heterocycles. The molecule has 0 bridgehead atoms. The lowest BCUT2D eigenvalue weighted by molar-refractivity contribution is -0.125. The molecule has 1 heterocycles. The molecule has 1 atom stereocenters. The van der Waals surface area contributed by atoms with Crippen LogP contribution in [0.3, 0.4) is 0 Å². The van der Waals surface area contributed by atoms with E-state index in [9.17, 15) is 9.18 Å². The van der Waals surface area contributed by atoms with Gasteiger partial charge in [0.2, 0.25) is 5.91 Å². The second-order valence-electron chi connectivity index (χ2n) is 5.67. The van der Waals surface area contributed by atoms with Gasteiger partial charge < -0.3 is 5.32 Å². The van der Waals surface area contributed by atoms with Crippen LogP contribution >= 0.6 is 0 Å². The summed E-state index contributed by atoms with van der Waals surface area (Å²) in [5.74, 6) is -0.449. The van der Waals surface area contributed by atoms with Crippen molar-refractivity contribution in [2.75, 3.05) is 20.6 Å². The zero-order chi connectivity index (χ0) is 16.7. The summed E-state index contributed by atoms with van der Waals surface area (Å²) in [6, 6.07) is 9.62. The van der Waals surface area contributed by atoms with Gasteiger partial charge in [0.15, 0.2) is 0 Å². The summed E-state index contributed by atoms with van der Waals surface area (Å²) >= 11 is 0. The molecule has 122 valence electrons. The van der Waals surface area contributed by atoms with Crippen molar-refractivity contribution in [2.45, 2.75) is 18.9 Å². The van der Waals surface area contributed by atoms with Crippen LogP contribution in [0.15, 0.2) is 48.8 Å². The summed E-state index contributed by atoms with van der Waals surface area (Å²) in [5.41, 5.74) is 1.85. The number of aryl methyl sites for hydroxylation is 1. The molecule has 1 unspecified atom stereocenters. The molecule has 0 saturated carbocycles. The summed E-state index contributed by atoms with van der Waals surface area (Å²) in [5, 5.41) is 2.93. The van der Waals surface area contributed by atoms with Crippen molar-refractivity contribution in [2.24, 2.45) is 0 Å². The van der Waals surface area contributed by atoms with Gasteiger partial charge in [-0.05, 0) is 62.3 Å². The monoisotopic (exact) mass is 315 g/mol. The summed E-state index contributed by atoms with van der Waals surface area (Å²) in [4.78, 5) is 18.2. The molecule has 0 saturated heterocycles. The fourth-order valence-corrected chi connectivity index (χ4v) is 2.51. The van der Waals surface area contributed by atoms with Crippen molar-refractivity contribution < 1.29 is 9.18 Å². The highest BCUT2D eigenvalue weighted by molar-refractivity contribution is 5.83. The van der Waals surface area contributed by atoms with Crippen LogP contribution in [-0.2, 0) is 11.2 Å². The van der Waals surface area contributed by atoms with E-state index in [4.69, 9.17) is 0 Å². The quantitative estimate of drug-likeness (QED) is 0.799.